The smallest absolute Gasteiger partial charge is 0.263 e. The van der Waals surface area contributed by atoms with Crippen molar-refractivity contribution < 1.29 is 19.1 Å². The van der Waals surface area contributed by atoms with Crippen molar-refractivity contribution in [2.45, 2.75) is 19.0 Å². The minimum absolute atomic E-state index is 0.372. The first kappa shape index (κ1) is 17.0. The van der Waals surface area contributed by atoms with E-state index >= 15 is 0 Å². The molecule has 0 unspecified atom stereocenters. The van der Waals surface area contributed by atoms with Gasteiger partial charge in [0.25, 0.3) is 11.8 Å². The van der Waals surface area contributed by atoms with Gasteiger partial charge in [-0.2, -0.15) is 5.11 Å². The Balaban J connectivity index is 1.68. The number of ether oxygens (including phenoxy) is 2. The lowest BCUT2D eigenvalue weighted by molar-refractivity contribution is -0.121. The van der Waals surface area contributed by atoms with Crippen LogP contribution in [0.4, 0.5) is 11.4 Å². The Morgan fingerprint density at radius 1 is 0.889 bits per heavy atom. The number of benzene rings is 2. The molecule has 0 spiro atoms. The van der Waals surface area contributed by atoms with Gasteiger partial charge in [-0.3, -0.25) is 9.59 Å². The van der Waals surface area contributed by atoms with Crippen molar-refractivity contribution in [1.29, 1.82) is 0 Å². The van der Waals surface area contributed by atoms with E-state index in [0.29, 0.717) is 22.9 Å². The molecule has 0 N–H and O–H groups in total. The lowest BCUT2D eigenvalue weighted by Gasteiger charge is -2.21. The van der Waals surface area contributed by atoms with Crippen LogP contribution in [0.25, 0.3) is 0 Å². The average molecular weight is 366 g/mol. The third-order valence-electron chi connectivity index (χ3n) is 4.71. The highest BCUT2D eigenvalue weighted by Gasteiger charge is 2.55. The fourth-order valence-corrected chi connectivity index (χ4v) is 3.29. The number of hydrogen-bond acceptors (Lipinski definition) is 7. The molecular formula is C19H18N4O4. The van der Waals surface area contributed by atoms with E-state index in [9.17, 15) is 9.59 Å². The third-order valence-corrected chi connectivity index (χ3v) is 4.71. The fourth-order valence-electron chi connectivity index (χ4n) is 3.29. The van der Waals surface area contributed by atoms with Crippen molar-refractivity contribution in [2.24, 2.45) is 10.3 Å². The standard InChI is InChI=1S/C19H18N4O4/c1-11-4-6-12(7-5-11)23-17-16(20-21-23)18(24)22(19(17)25)13-8-9-14(26-2)15(10-13)27-3/h4-10,16-17H,1-3H3/t16-,17-/m0/s1. The van der Waals surface area contributed by atoms with Gasteiger partial charge in [0, 0.05) is 6.07 Å². The summed E-state index contributed by atoms with van der Waals surface area (Å²) in [4.78, 5) is 27.0. The lowest BCUT2D eigenvalue weighted by atomic mass is 10.1. The van der Waals surface area contributed by atoms with Gasteiger partial charge < -0.3 is 9.47 Å². The van der Waals surface area contributed by atoms with E-state index in [0.717, 1.165) is 10.5 Å². The number of carbonyl (C=O) groups is 2. The SMILES string of the molecule is COc1ccc(N2C(=O)[C@H]3N=NN(c4ccc(C)cc4)[C@@H]3C2=O)cc1OC. The molecule has 27 heavy (non-hydrogen) atoms. The van der Waals surface area contributed by atoms with Gasteiger partial charge in [0.05, 0.1) is 25.6 Å². The van der Waals surface area contributed by atoms with Crippen molar-refractivity contribution in [3.8, 4) is 11.5 Å². The van der Waals surface area contributed by atoms with Gasteiger partial charge in [0.15, 0.2) is 23.6 Å². The summed E-state index contributed by atoms with van der Waals surface area (Å²) < 4.78 is 10.5. The molecule has 2 heterocycles. The number of amides is 2. The molecule has 0 radical (unpaired) electrons. The molecule has 2 aromatic rings. The maximum atomic E-state index is 13.1. The first-order valence-corrected chi connectivity index (χ1v) is 8.41. The second-order valence-electron chi connectivity index (χ2n) is 6.33. The first-order chi connectivity index (χ1) is 13.0. The minimum Gasteiger partial charge on any atom is -0.493 e. The van der Waals surface area contributed by atoms with Crippen LogP contribution in [0, 0.1) is 6.92 Å². The number of methoxy groups -OCH3 is 2. The van der Waals surface area contributed by atoms with Crippen molar-refractivity contribution in [3.05, 3.63) is 48.0 Å². The molecule has 2 aliphatic rings. The molecule has 1 fully saturated rings. The van der Waals surface area contributed by atoms with Crippen LogP contribution in [0.2, 0.25) is 0 Å². The molecule has 2 amide bonds. The van der Waals surface area contributed by atoms with E-state index in [2.05, 4.69) is 10.3 Å². The topological polar surface area (TPSA) is 83.8 Å². The third kappa shape index (κ3) is 2.61. The van der Waals surface area contributed by atoms with Crippen LogP contribution >= 0.6 is 0 Å². The zero-order valence-corrected chi connectivity index (χ0v) is 15.1. The molecule has 0 bridgehead atoms. The Kier molecular flexibility index (Phi) is 4.02. The zero-order chi connectivity index (χ0) is 19.1. The maximum absolute atomic E-state index is 13.1. The largest absolute Gasteiger partial charge is 0.493 e. The number of hydrogen-bond donors (Lipinski definition) is 0. The van der Waals surface area contributed by atoms with E-state index in [1.807, 2.05) is 31.2 Å². The molecule has 4 rings (SSSR count). The monoisotopic (exact) mass is 366 g/mol. The van der Waals surface area contributed by atoms with Crippen LogP contribution < -0.4 is 19.4 Å². The molecule has 138 valence electrons. The molecule has 0 aromatic heterocycles. The number of carbonyl (C=O) groups excluding carboxylic acids is 2. The summed E-state index contributed by atoms with van der Waals surface area (Å²) in [6, 6.07) is 10.8. The van der Waals surface area contributed by atoms with Crippen LogP contribution in [0.1, 0.15) is 5.56 Å². The van der Waals surface area contributed by atoms with E-state index in [1.165, 1.54) is 19.2 Å². The van der Waals surface area contributed by atoms with Crippen molar-refractivity contribution >= 4 is 23.2 Å². The highest BCUT2D eigenvalue weighted by molar-refractivity contribution is 6.26. The molecule has 0 aliphatic carbocycles. The van der Waals surface area contributed by atoms with Crippen LogP contribution in [-0.4, -0.2) is 38.1 Å². The minimum atomic E-state index is -0.855. The van der Waals surface area contributed by atoms with Gasteiger partial charge in [-0.05, 0) is 31.2 Å². The van der Waals surface area contributed by atoms with Gasteiger partial charge in [-0.15, -0.1) is 0 Å². The van der Waals surface area contributed by atoms with Gasteiger partial charge in [-0.1, -0.05) is 22.9 Å². The first-order valence-electron chi connectivity index (χ1n) is 8.41. The van der Waals surface area contributed by atoms with Gasteiger partial charge in [0.1, 0.15) is 0 Å². The molecule has 2 aliphatic heterocycles. The zero-order valence-electron chi connectivity index (χ0n) is 15.1. The van der Waals surface area contributed by atoms with Gasteiger partial charge in [0.2, 0.25) is 0 Å². The Bertz CT molecular complexity index is 941. The molecule has 2 aromatic carbocycles. The number of aryl methyl sites for hydroxylation is 1. The summed E-state index contributed by atoms with van der Waals surface area (Å²) in [5.41, 5.74) is 2.22. The number of rotatable bonds is 4. The van der Waals surface area contributed by atoms with E-state index in [-0.39, 0.29) is 5.91 Å². The summed E-state index contributed by atoms with van der Waals surface area (Å²) in [5.74, 6) is 0.171. The van der Waals surface area contributed by atoms with Crippen LogP contribution in [0.15, 0.2) is 52.8 Å². The van der Waals surface area contributed by atoms with E-state index in [1.54, 1.807) is 18.2 Å². The van der Waals surface area contributed by atoms with Gasteiger partial charge in [-0.25, -0.2) is 9.91 Å². The summed E-state index contributed by atoms with van der Waals surface area (Å²) in [6.45, 7) is 1.97. The molecule has 2 atom stereocenters. The quantitative estimate of drug-likeness (QED) is 0.777. The normalized spacial score (nSPS) is 21.0. The Hall–Kier alpha value is -3.42. The Labute approximate surface area is 156 Å². The molecular weight excluding hydrogens is 348 g/mol. The second-order valence-corrected chi connectivity index (χ2v) is 6.33. The maximum Gasteiger partial charge on any atom is 0.263 e. The van der Waals surface area contributed by atoms with Crippen LogP contribution in [0.5, 0.6) is 11.5 Å². The second kappa shape index (κ2) is 6.39. The summed E-state index contributed by atoms with van der Waals surface area (Å²) >= 11 is 0. The molecule has 8 heteroatoms. The van der Waals surface area contributed by atoms with E-state index < -0.39 is 18.0 Å². The number of fused-ring (bicyclic) bond motifs is 1. The summed E-state index contributed by atoms with van der Waals surface area (Å²) in [5, 5.41) is 9.60. The Morgan fingerprint density at radius 3 is 2.22 bits per heavy atom. The highest BCUT2D eigenvalue weighted by Crippen LogP contribution is 2.38. The number of anilines is 2. The summed E-state index contributed by atoms with van der Waals surface area (Å²) in [6.07, 6.45) is 0. The van der Waals surface area contributed by atoms with Crippen molar-refractivity contribution in [2.75, 3.05) is 24.1 Å². The van der Waals surface area contributed by atoms with Crippen LogP contribution in [0.3, 0.4) is 0 Å². The van der Waals surface area contributed by atoms with Crippen molar-refractivity contribution in [3.63, 3.8) is 0 Å². The fraction of sp³-hybridized carbons (Fsp3) is 0.263. The van der Waals surface area contributed by atoms with Crippen LogP contribution in [-0.2, 0) is 9.59 Å². The average Bonchev–Trinajstić information content (AvgIpc) is 3.22. The lowest BCUT2D eigenvalue weighted by Crippen LogP contribution is -2.39. The highest BCUT2D eigenvalue weighted by atomic mass is 16.5. The van der Waals surface area contributed by atoms with Crippen molar-refractivity contribution in [1.82, 2.24) is 0 Å². The molecule has 1 saturated heterocycles. The molecule has 0 saturated carbocycles. The van der Waals surface area contributed by atoms with E-state index in [4.69, 9.17) is 9.47 Å². The van der Waals surface area contributed by atoms with Gasteiger partial charge >= 0.3 is 0 Å². The molecule has 8 nitrogen and oxygen atoms in total. The predicted molar refractivity (Wildman–Crippen MR) is 98.1 cm³/mol. The number of nitrogens with zero attached hydrogens (tertiary/aromatic N) is 4. The Morgan fingerprint density at radius 2 is 1.56 bits per heavy atom. The summed E-state index contributed by atoms with van der Waals surface area (Å²) in [7, 11) is 3.02. The number of imide groups is 1. The predicted octanol–water partition coefficient (Wildman–Crippen LogP) is 2.51.